The molecule has 1 aromatic carbocycles. The van der Waals surface area contributed by atoms with Crippen LogP contribution in [-0.2, 0) is 0 Å². The molecule has 1 aliphatic rings. The first kappa shape index (κ1) is 7.47. The molecule has 0 bridgehead atoms. The van der Waals surface area contributed by atoms with E-state index in [1.165, 1.54) is 5.56 Å². The zero-order chi connectivity index (χ0) is 8.55. The van der Waals surface area contributed by atoms with Crippen LogP contribution in [0.3, 0.4) is 0 Å². The van der Waals surface area contributed by atoms with E-state index in [0.717, 1.165) is 17.9 Å². The second kappa shape index (κ2) is 2.70. The van der Waals surface area contributed by atoms with Crippen LogP contribution < -0.4 is 9.47 Å². The van der Waals surface area contributed by atoms with Crippen LogP contribution in [0, 0.1) is 6.92 Å². The van der Waals surface area contributed by atoms with Gasteiger partial charge in [0.1, 0.15) is 0 Å². The van der Waals surface area contributed by atoms with E-state index in [4.69, 9.17) is 9.47 Å². The maximum absolute atomic E-state index is 5.51. The summed E-state index contributed by atoms with van der Waals surface area (Å²) in [5, 5.41) is 0. The summed E-state index contributed by atoms with van der Waals surface area (Å²) in [6.45, 7) is 4.09. The molecule has 0 spiro atoms. The molecule has 0 amide bonds. The SMILES string of the molecule is CCC1Oc2ccc(C)cc2O1. The lowest BCUT2D eigenvalue weighted by Crippen LogP contribution is -2.15. The Kier molecular flexibility index (Phi) is 1.68. The summed E-state index contributed by atoms with van der Waals surface area (Å²) in [7, 11) is 0. The Balaban J connectivity index is 2.30. The van der Waals surface area contributed by atoms with E-state index in [1.807, 2.05) is 32.0 Å². The van der Waals surface area contributed by atoms with Gasteiger partial charge in [-0.1, -0.05) is 13.0 Å². The van der Waals surface area contributed by atoms with E-state index in [0.29, 0.717) is 0 Å². The predicted molar refractivity (Wildman–Crippen MR) is 46.5 cm³/mol. The molecule has 0 radical (unpaired) electrons. The number of rotatable bonds is 1. The van der Waals surface area contributed by atoms with Crippen LogP contribution in [0.15, 0.2) is 18.2 Å². The van der Waals surface area contributed by atoms with Crippen molar-refractivity contribution in [1.29, 1.82) is 0 Å². The summed E-state index contributed by atoms with van der Waals surface area (Å²) < 4.78 is 11.0. The van der Waals surface area contributed by atoms with Crippen LogP contribution in [0.25, 0.3) is 0 Å². The lowest BCUT2D eigenvalue weighted by molar-refractivity contribution is 0.0464. The van der Waals surface area contributed by atoms with Gasteiger partial charge in [-0.25, -0.2) is 0 Å². The Morgan fingerprint density at radius 2 is 2.00 bits per heavy atom. The highest BCUT2D eigenvalue weighted by Gasteiger charge is 2.21. The highest BCUT2D eigenvalue weighted by molar-refractivity contribution is 5.44. The summed E-state index contributed by atoms with van der Waals surface area (Å²) in [6, 6.07) is 5.99. The zero-order valence-corrected chi connectivity index (χ0v) is 7.33. The average molecular weight is 164 g/mol. The Bertz CT molecular complexity index is 294. The minimum atomic E-state index is -0.0817. The van der Waals surface area contributed by atoms with Gasteiger partial charge in [0.25, 0.3) is 0 Å². The smallest absolute Gasteiger partial charge is 0.241 e. The third-order valence-electron chi connectivity index (χ3n) is 1.95. The van der Waals surface area contributed by atoms with Crippen molar-refractivity contribution in [3.8, 4) is 11.5 Å². The Hall–Kier alpha value is -1.18. The molecule has 1 heterocycles. The molecule has 1 unspecified atom stereocenters. The largest absolute Gasteiger partial charge is 0.451 e. The quantitative estimate of drug-likeness (QED) is 0.635. The van der Waals surface area contributed by atoms with Crippen molar-refractivity contribution < 1.29 is 9.47 Å². The lowest BCUT2D eigenvalue weighted by atomic mass is 10.2. The third-order valence-corrected chi connectivity index (χ3v) is 1.95. The molecule has 1 aliphatic heterocycles. The number of aryl methyl sites for hydroxylation is 1. The van der Waals surface area contributed by atoms with Crippen LogP contribution in [0.2, 0.25) is 0 Å². The first-order valence-corrected chi connectivity index (χ1v) is 4.23. The van der Waals surface area contributed by atoms with Crippen LogP contribution in [-0.4, -0.2) is 6.29 Å². The predicted octanol–water partition coefficient (Wildman–Crippen LogP) is 2.50. The van der Waals surface area contributed by atoms with Crippen molar-refractivity contribution in [2.45, 2.75) is 26.6 Å². The molecule has 0 aliphatic carbocycles. The highest BCUT2D eigenvalue weighted by Crippen LogP contribution is 2.35. The number of benzene rings is 1. The van der Waals surface area contributed by atoms with Crippen molar-refractivity contribution in [3.05, 3.63) is 23.8 Å². The number of ether oxygens (including phenoxy) is 2. The van der Waals surface area contributed by atoms with Crippen molar-refractivity contribution >= 4 is 0 Å². The van der Waals surface area contributed by atoms with Crippen molar-refractivity contribution in [2.24, 2.45) is 0 Å². The van der Waals surface area contributed by atoms with Gasteiger partial charge < -0.3 is 9.47 Å². The topological polar surface area (TPSA) is 18.5 Å². The second-order valence-electron chi connectivity index (χ2n) is 3.02. The number of fused-ring (bicyclic) bond motifs is 1. The van der Waals surface area contributed by atoms with E-state index in [1.54, 1.807) is 0 Å². The normalized spacial score (nSPS) is 19.7. The summed E-state index contributed by atoms with van der Waals surface area (Å²) >= 11 is 0. The molecule has 2 heteroatoms. The monoisotopic (exact) mass is 164 g/mol. The van der Waals surface area contributed by atoms with Crippen molar-refractivity contribution in [2.75, 3.05) is 0 Å². The molecule has 2 nitrogen and oxygen atoms in total. The Labute approximate surface area is 72.1 Å². The molecule has 1 atom stereocenters. The first-order valence-electron chi connectivity index (χ1n) is 4.23. The van der Waals surface area contributed by atoms with Crippen LogP contribution >= 0.6 is 0 Å². The standard InChI is InChI=1S/C10H12O2/c1-3-10-11-8-5-4-7(2)6-9(8)12-10/h4-6,10H,3H2,1-2H3. The van der Waals surface area contributed by atoms with Crippen molar-refractivity contribution in [1.82, 2.24) is 0 Å². The Morgan fingerprint density at radius 3 is 2.75 bits per heavy atom. The fourth-order valence-corrected chi connectivity index (χ4v) is 1.28. The van der Waals surface area contributed by atoms with Crippen molar-refractivity contribution in [3.63, 3.8) is 0 Å². The molecule has 12 heavy (non-hydrogen) atoms. The first-order chi connectivity index (χ1) is 5.79. The molecule has 0 aromatic heterocycles. The van der Waals surface area contributed by atoms with E-state index >= 15 is 0 Å². The summed E-state index contributed by atoms with van der Waals surface area (Å²) in [5.41, 5.74) is 1.20. The van der Waals surface area contributed by atoms with Crippen LogP contribution in [0.5, 0.6) is 11.5 Å². The van der Waals surface area contributed by atoms with Gasteiger partial charge in [-0.15, -0.1) is 0 Å². The van der Waals surface area contributed by atoms with Gasteiger partial charge in [-0.3, -0.25) is 0 Å². The Morgan fingerprint density at radius 1 is 1.25 bits per heavy atom. The van der Waals surface area contributed by atoms with Gasteiger partial charge in [0.05, 0.1) is 0 Å². The summed E-state index contributed by atoms with van der Waals surface area (Å²) in [4.78, 5) is 0. The summed E-state index contributed by atoms with van der Waals surface area (Å²) in [5.74, 6) is 1.74. The second-order valence-corrected chi connectivity index (χ2v) is 3.02. The maximum atomic E-state index is 5.51. The molecule has 0 N–H and O–H groups in total. The molecular formula is C10H12O2. The fourth-order valence-electron chi connectivity index (χ4n) is 1.28. The molecule has 2 rings (SSSR count). The summed E-state index contributed by atoms with van der Waals surface area (Å²) in [6.07, 6.45) is 0.801. The van der Waals surface area contributed by atoms with E-state index < -0.39 is 0 Å². The van der Waals surface area contributed by atoms with E-state index in [9.17, 15) is 0 Å². The minimum Gasteiger partial charge on any atom is -0.451 e. The van der Waals surface area contributed by atoms with Gasteiger partial charge in [0.15, 0.2) is 11.5 Å². The molecule has 1 aromatic rings. The third kappa shape index (κ3) is 1.13. The van der Waals surface area contributed by atoms with Gasteiger partial charge in [0.2, 0.25) is 6.29 Å². The molecule has 0 saturated heterocycles. The lowest BCUT2D eigenvalue weighted by Gasteiger charge is -2.04. The van der Waals surface area contributed by atoms with Gasteiger partial charge >= 0.3 is 0 Å². The molecular weight excluding hydrogens is 152 g/mol. The van der Waals surface area contributed by atoms with Gasteiger partial charge in [0, 0.05) is 6.42 Å². The zero-order valence-electron chi connectivity index (χ0n) is 7.33. The van der Waals surface area contributed by atoms with Crippen LogP contribution in [0.4, 0.5) is 0 Å². The average Bonchev–Trinajstić information content (AvgIpc) is 2.46. The van der Waals surface area contributed by atoms with Gasteiger partial charge in [-0.2, -0.15) is 0 Å². The van der Waals surface area contributed by atoms with Crippen LogP contribution in [0.1, 0.15) is 18.9 Å². The fraction of sp³-hybridized carbons (Fsp3) is 0.400. The number of hydrogen-bond donors (Lipinski definition) is 0. The highest BCUT2D eigenvalue weighted by atomic mass is 16.7. The number of hydrogen-bond acceptors (Lipinski definition) is 2. The van der Waals surface area contributed by atoms with E-state index in [2.05, 4.69) is 0 Å². The van der Waals surface area contributed by atoms with Gasteiger partial charge in [-0.05, 0) is 24.6 Å². The minimum absolute atomic E-state index is 0.0817. The maximum Gasteiger partial charge on any atom is 0.241 e. The molecule has 0 fully saturated rings. The molecule has 0 saturated carbocycles. The molecule has 64 valence electrons. The van der Waals surface area contributed by atoms with E-state index in [-0.39, 0.29) is 6.29 Å².